The van der Waals surface area contributed by atoms with Crippen LogP contribution in [0.2, 0.25) is 0 Å². The Morgan fingerprint density at radius 1 is 1.55 bits per heavy atom. The molecule has 7 nitrogen and oxygen atoms in total. The Morgan fingerprint density at radius 2 is 2.27 bits per heavy atom. The van der Waals surface area contributed by atoms with Crippen LogP contribution in [0.5, 0.6) is 0 Å². The molecular formula is C3H3NO6S. The Bertz CT molecular complexity index is 295. The highest BCUT2D eigenvalue weighted by atomic mass is 32.3. The second-order valence-electron chi connectivity index (χ2n) is 1.94. The van der Waals surface area contributed by atoms with Gasteiger partial charge < -0.3 is 4.74 Å². The molecule has 2 heterocycles. The van der Waals surface area contributed by atoms with Gasteiger partial charge in [-0.25, -0.2) is 8.98 Å². The quantitative estimate of drug-likeness (QED) is 0.475. The zero-order valence-electron chi connectivity index (χ0n) is 5.09. The lowest BCUT2D eigenvalue weighted by Crippen LogP contribution is -2.26. The summed E-state index contributed by atoms with van der Waals surface area (Å²) in [6, 6.07) is 0. The van der Waals surface area contributed by atoms with Gasteiger partial charge in [-0.3, -0.25) is 0 Å². The van der Waals surface area contributed by atoms with Crippen molar-refractivity contribution in [2.75, 3.05) is 6.61 Å². The molecule has 0 N–H and O–H groups in total. The fourth-order valence-electron chi connectivity index (χ4n) is 0.789. The van der Waals surface area contributed by atoms with E-state index in [2.05, 4.69) is 13.2 Å². The molecule has 0 saturated carbocycles. The normalized spacial score (nSPS) is 33.6. The summed E-state index contributed by atoms with van der Waals surface area (Å²) in [6.45, 7) is -0.127. The van der Waals surface area contributed by atoms with Crippen LogP contribution in [0.1, 0.15) is 0 Å². The minimum Gasteiger partial charge on any atom is -0.443 e. The van der Waals surface area contributed by atoms with Crippen molar-refractivity contribution >= 4 is 16.5 Å². The van der Waals surface area contributed by atoms with E-state index in [1.54, 1.807) is 0 Å². The third-order valence-corrected chi connectivity index (χ3v) is 1.99. The molecule has 1 amide bonds. The van der Waals surface area contributed by atoms with Crippen LogP contribution < -0.4 is 0 Å². The van der Waals surface area contributed by atoms with Crippen LogP contribution in [0.25, 0.3) is 0 Å². The average Bonchev–Trinajstić information content (AvgIpc) is 2.31. The Balaban J connectivity index is 2.29. The molecule has 11 heavy (non-hydrogen) atoms. The van der Waals surface area contributed by atoms with Crippen molar-refractivity contribution in [3.8, 4) is 0 Å². The van der Waals surface area contributed by atoms with E-state index in [-0.39, 0.29) is 6.61 Å². The molecule has 2 fully saturated rings. The van der Waals surface area contributed by atoms with Gasteiger partial charge in [-0.1, -0.05) is 0 Å². The summed E-state index contributed by atoms with van der Waals surface area (Å²) in [7, 11) is -4.01. The van der Waals surface area contributed by atoms with Gasteiger partial charge in [0.1, 0.15) is 6.61 Å². The molecular weight excluding hydrogens is 178 g/mol. The van der Waals surface area contributed by atoms with Gasteiger partial charge in [0.25, 0.3) is 0 Å². The van der Waals surface area contributed by atoms with Crippen LogP contribution in [-0.4, -0.2) is 32.4 Å². The second-order valence-corrected chi connectivity index (χ2v) is 3.09. The molecule has 2 aliphatic rings. The number of rotatable bonds is 0. The summed E-state index contributed by atoms with van der Waals surface area (Å²) in [5.41, 5.74) is 0. The molecule has 0 bridgehead atoms. The molecule has 2 saturated heterocycles. The van der Waals surface area contributed by atoms with E-state index in [9.17, 15) is 13.2 Å². The Labute approximate surface area is 61.7 Å². The smallest absolute Gasteiger partial charge is 0.438 e. The third kappa shape index (κ3) is 0.951. The number of fused-ring (bicyclic) bond motifs is 1. The molecule has 8 heteroatoms. The average molecular weight is 181 g/mol. The molecule has 0 aromatic carbocycles. The van der Waals surface area contributed by atoms with Gasteiger partial charge in [-0.15, -0.1) is 9.35 Å². The van der Waals surface area contributed by atoms with Crippen LogP contribution in [0.15, 0.2) is 0 Å². The molecule has 2 rings (SSSR count). The first-order chi connectivity index (χ1) is 5.08. The number of ether oxygens (including phenoxy) is 1. The number of carbonyl (C=O) groups is 1. The van der Waals surface area contributed by atoms with Gasteiger partial charge in [-0.2, -0.15) is 8.42 Å². The number of hydrogen-bond donors (Lipinski definition) is 0. The highest BCUT2D eigenvalue weighted by Crippen LogP contribution is 2.24. The van der Waals surface area contributed by atoms with Gasteiger partial charge in [0, 0.05) is 0 Å². The first-order valence-corrected chi connectivity index (χ1v) is 4.01. The van der Waals surface area contributed by atoms with E-state index in [1.807, 2.05) is 0 Å². The molecule has 0 aromatic rings. The van der Waals surface area contributed by atoms with Crippen LogP contribution in [0, 0.1) is 0 Å². The third-order valence-electron chi connectivity index (χ3n) is 1.19. The van der Waals surface area contributed by atoms with Crippen molar-refractivity contribution < 1.29 is 26.4 Å². The maximum absolute atomic E-state index is 10.6. The van der Waals surface area contributed by atoms with E-state index in [1.165, 1.54) is 0 Å². The molecule has 62 valence electrons. The highest BCUT2D eigenvalue weighted by Gasteiger charge is 2.48. The van der Waals surface area contributed by atoms with E-state index < -0.39 is 22.7 Å². The van der Waals surface area contributed by atoms with E-state index in [0.29, 0.717) is 5.06 Å². The maximum atomic E-state index is 10.6. The lowest BCUT2D eigenvalue weighted by molar-refractivity contribution is -0.0223. The largest absolute Gasteiger partial charge is 0.443 e. The van der Waals surface area contributed by atoms with E-state index >= 15 is 0 Å². The zero-order valence-corrected chi connectivity index (χ0v) is 5.91. The van der Waals surface area contributed by atoms with Gasteiger partial charge in [-0.05, 0) is 0 Å². The van der Waals surface area contributed by atoms with Crippen molar-refractivity contribution in [3.63, 3.8) is 0 Å². The number of nitrogens with zero attached hydrogens (tertiary/aromatic N) is 1. The minimum absolute atomic E-state index is 0.127. The summed E-state index contributed by atoms with van der Waals surface area (Å²) in [4.78, 5) is 10.6. The fourth-order valence-corrected chi connectivity index (χ4v) is 1.58. The lowest BCUT2D eigenvalue weighted by atomic mass is 10.6. The van der Waals surface area contributed by atoms with Gasteiger partial charge in [0.05, 0.1) is 0 Å². The van der Waals surface area contributed by atoms with Crippen LogP contribution in [0.3, 0.4) is 0 Å². The summed E-state index contributed by atoms with van der Waals surface area (Å²) in [5.74, 6) is 0. The molecule has 2 aliphatic heterocycles. The lowest BCUT2D eigenvalue weighted by Gasteiger charge is -2.00. The molecule has 0 spiro atoms. The van der Waals surface area contributed by atoms with Crippen LogP contribution >= 0.6 is 0 Å². The first kappa shape index (κ1) is 6.83. The van der Waals surface area contributed by atoms with Crippen molar-refractivity contribution in [2.24, 2.45) is 0 Å². The predicted molar refractivity (Wildman–Crippen MR) is 28.1 cm³/mol. The Kier molecular flexibility index (Phi) is 1.14. The summed E-state index contributed by atoms with van der Waals surface area (Å²) < 4.78 is 33.7. The maximum Gasteiger partial charge on any atom is 0.438 e. The number of hydroxylamine groups is 2. The second kappa shape index (κ2) is 1.84. The Morgan fingerprint density at radius 3 is 2.91 bits per heavy atom. The molecule has 1 unspecified atom stereocenters. The zero-order chi connectivity index (χ0) is 8.06. The summed E-state index contributed by atoms with van der Waals surface area (Å²) in [5, 5.41) is 0.537. The minimum atomic E-state index is -4.01. The molecule has 0 aliphatic carbocycles. The van der Waals surface area contributed by atoms with Gasteiger partial charge in [0.2, 0.25) is 6.23 Å². The molecule has 0 radical (unpaired) electrons. The van der Waals surface area contributed by atoms with Crippen molar-refractivity contribution in [3.05, 3.63) is 0 Å². The van der Waals surface area contributed by atoms with Crippen molar-refractivity contribution in [1.29, 1.82) is 0 Å². The summed E-state index contributed by atoms with van der Waals surface area (Å²) >= 11 is 0. The number of carbonyl (C=O) groups excluding carboxylic acids is 1. The fraction of sp³-hybridized carbons (Fsp3) is 0.667. The monoisotopic (exact) mass is 181 g/mol. The first-order valence-electron chi connectivity index (χ1n) is 2.67. The van der Waals surface area contributed by atoms with E-state index in [4.69, 9.17) is 0 Å². The van der Waals surface area contributed by atoms with Crippen molar-refractivity contribution in [2.45, 2.75) is 6.23 Å². The van der Waals surface area contributed by atoms with Crippen LogP contribution in [-0.2, 0) is 23.6 Å². The van der Waals surface area contributed by atoms with Crippen LogP contribution in [0.4, 0.5) is 4.79 Å². The standard InChI is InChI=1S/C3H3NO6S/c5-3-4-2(1-8-3)9-11(6,7)10-4/h2H,1H2. The van der Waals surface area contributed by atoms with Crippen molar-refractivity contribution in [1.82, 2.24) is 5.06 Å². The Hall–Kier alpha value is -0.860. The molecule has 0 aromatic heterocycles. The van der Waals surface area contributed by atoms with Gasteiger partial charge >= 0.3 is 16.5 Å². The highest BCUT2D eigenvalue weighted by molar-refractivity contribution is 7.82. The van der Waals surface area contributed by atoms with E-state index in [0.717, 1.165) is 0 Å². The number of cyclic esters (lactones) is 1. The molecule has 1 atom stereocenters. The van der Waals surface area contributed by atoms with Gasteiger partial charge in [0.15, 0.2) is 0 Å². The number of amides is 1. The SMILES string of the molecule is O=C1OCC2OS(=O)(=O)ON12. The topological polar surface area (TPSA) is 82.1 Å². The number of hydrogen-bond acceptors (Lipinski definition) is 6. The predicted octanol–water partition coefficient (Wildman–Crippen LogP) is -1.03. The summed E-state index contributed by atoms with van der Waals surface area (Å²) in [6.07, 6.45) is -1.80.